The zero-order chi connectivity index (χ0) is 24.4. The summed E-state index contributed by atoms with van der Waals surface area (Å²) >= 11 is 12.6. The van der Waals surface area contributed by atoms with Gasteiger partial charge in [-0.1, -0.05) is 74.2 Å². The molecule has 4 nitrogen and oxygen atoms in total. The van der Waals surface area contributed by atoms with Crippen molar-refractivity contribution in [2.45, 2.75) is 76.5 Å². The zero-order valence-electron chi connectivity index (χ0n) is 19.9. The lowest BCUT2D eigenvalue weighted by Crippen LogP contribution is -2.47. The van der Waals surface area contributed by atoms with Crippen LogP contribution in [0.3, 0.4) is 0 Å². The molecule has 0 spiro atoms. The number of carbonyl (C=O) groups excluding carboxylic acids is 1. The van der Waals surface area contributed by atoms with Crippen LogP contribution < -0.4 is 5.32 Å². The van der Waals surface area contributed by atoms with Crippen LogP contribution in [0.1, 0.15) is 64.5 Å². The summed E-state index contributed by atoms with van der Waals surface area (Å²) in [5.41, 5.74) is -0.0149. The molecule has 3 rings (SSSR count). The van der Waals surface area contributed by atoms with Gasteiger partial charge in [0.2, 0.25) is 0 Å². The lowest BCUT2D eigenvalue weighted by molar-refractivity contribution is -0.157. The highest BCUT2D eigenvalue weighted by molar-refractivity contribution is 6.30. The molecule has 2 aromatic rings. The lowest BCUT2D eigenvalue weighted by atomic mass is 9.62. The number of hydrogen-bond acceptors (Lipinski definition) is 4. The fraction of sp³-hybridized carbons (Fsp3) is 0.481. The molecule has 0 aliphatic carbocycles. The smallest absolute Gasteiger partial charge is 0.324 e. The molecule has 1 saturated heterocycles. The number of esters is 1. The Balaban J connectivity index is 2.29. The molecular formula is C27H32Cl2N2O2. The van der Waals surface area contributed by atoms with E-state index in [0.29, 0.717) is 10.0 Å². The van der Waals surface area contributed by atoms with E-state index in [-0.39, 0.29) is 17.9 Å². The third-order valence-corrected chi connectivity index (χ3v) is 7.06. The molecule has 6 heteroatoms. The van der Waals surface area contributed by atoms with Crippen LogP contribution in [-0.4, -0.2) is 23.7 Å². The van der Waals surface area contributed by atoms with Gasteiger partial charge in [0.15, 0.2) is 0 Å². The largest absolute Gasteiger partial charge is 0.459 e. The molecule has 33 heavy (non-hydrogen) atoms. The normalized spacial score (nSPS) is 25.1. The second kappa shape index (κ2) is 10.1. The van der Waals surface area contributed by atoms with Crippen LogP contribution in [-0.2, 0) is 14.9 Å². The predicted octanol–water partition coefficient (Wildman–Crippen LogP) is 6.66. The van der Waals surface area contributed by atoms with Gasteiger partial charge in [-0.05, 0) is 62.1 Å². The van der Waals surface area contributed by atoms with Gasteiger partial charge in [0.25, 0.3) is 0 Å². The second-order valence-corrected chi connectivity index (χ2v) is 10.6. The first-order valence-electron chi connectivity index (χ1n) is 11.5. The number of carbonyl (C=O) groups is 1. The number of nitrogens with zero attached hydrogens (tertiary/aromatic N) is 1. The first kappa shape index (κ1) is 25.6. The van der Waals surface area contributed by atoms with Gasteiger partial charge < -0.3 is 4.74 Å². The maximum atomic E-state index is 13.5. The molecule has 2 aromatic carbocycles. The van der Waals surface area contributed by atoms with Gasteiger partial charge in [0.1, 0.15) is 17.1 Å². The summed E-state index contributed by atoms with van der Waals surface area (Å²) in [6.07, 6.45) is 1.74. The quantitative estimate of drug-likeness (QED) is 0.463. The van der Waals surface area contributed by atoms with E-state index < -0.39 is 23.0 Å². The van der Waals surface area contributed by atoms with E-state index in [1.165, 1.54) is 0 Å². The highest BCUT2D eigenvalue weighted by Crippen LogP contribution is 2.52. The van der Waals surface area contributed by atoms with Crippen LogP contribution in [0.5, 0.6) is 0 Å². The average molecular weight is 487 g/mol. The van der Waals surface area contributed by atoms with Gasteiger partial charge in [-0.3, -0.25) is 10.1 Å². The highest BCUT2D eigenvalue weighted by atomic mass is 35.5. The van der Waals surface area contributed by atoms with Crippen LogP contribution in [0.15, 0.2) is 48.5 Å². The molecular weight excluding hydrogens is 455 g/mol. The van der Waals surface area contributed by atoms with Crippen molar-refractivity contribution in [1.82, 2.24) is 5.32 Å². The fourth-order valence-electron chi connectivity index (χ4n) is 5.16. The monoisotopic (exact) mass is 486 g/mol. The Hall–Kier alpha value is -2.06. The first-order valence-corrected chi connectivity index (χ1v) is 12.2. The lowest BCUT2D eigenvalue weighted by Gasteiger charge is -2.38. The van der Waals surface area contributed by atoms with Gasteiger partial charge in [-0.25, -0.2) is 0 Å². The third kappa shape index (κ3) is 5.06. The molecule has 0 bridgehead atoms. The molecule has 0 saturated carbocycles. The molecule has 1 heterocycles. The van der Waals surface area contributed by atoms with E-state index in [1.807, 2.05) is 51.1 Å². The van der Waals surface area contributed by atoms with Crippen LogP contribution in [0, 0.1) is 17.2 Å². The molecule has 1 aliphatic heterocycles. The van der Waals surface area contributed by atoms with E-state index in [9.17, 15) is 10.1 Å². The van der Waals surface area contributed by atoms with Crippen LogP contribution in [0.2, 0.25) is 10.0 Å². The van der Waals surface area contributed by atoms with E-state index in [4.69, 9.17) is 27.9 Å². The van der Waals surface area contributed by atoms with Crippen LogP contribution in [0.4, 0.5) is 0 Å². The van der Waals surface area contributed by atoms with Crippen molar-refractivity contribution in [2.24, 2.45) is 5.92 Å². The van der Waals surface area contributed by atoms with Crippen molar-refractivity contribution in [3.8, 4) is 6.07 Å². The number of rotatable bonds is 6. The highest BCUT2D eigenvalue weighted by Gasteiger charge is 2.61. The van der Waals surface area contributed by atoms with Gasteiger partial charge in [-0.2, -0.15) is 5.26 Å². The van der Waals surface area contributed by atoms with Crippen molar-refractivity contribution in [2.75, 3.05) is 0 Å². The second-order valence-electron chi connectivity index (χ2n) is 9.75. The topological polar surface area (TPSA) is 62.1 Å². The Bertz CT molecular complexity index is 1020. The van der Waals surface area contributed by atoms with Crippen LogP contribution >= 0.6 is 23.2 Å². The molecule has 1 aliphatic rings. The summed E-state index contributed by atoms with van der Waals surface area (Å²) in [6, 6.07) is 16.5. The summed E-state index contributed by atoms with van der Waals surface area (Å²) in [4.78, 5) is 13.5. The van der Waals surface area contributed by atoms with E-state index in [1.54, 1.807) is 18.2 Å². The van der Waals surface area contributed by atoms with Crippen molar-refractivity contribution in [3.05, 3.63) is 69.7 Å². The molecule has 0 radical (unpaired) electrons. The summed E-state index contributed by atoms with van der Waals surface area (Å²) in [5, 5.41) is 15.6. The Morgan fingerprint density at radius 1 is 1.12 bits per heavy atom. The average Bonchev–Trinajstić information content (AvgIpc) is 3.10. The Labute approximate surface area is 207 Å². The molecule has 1 N–H and O–H groups in total. The number of nitrogens with one attached hydrogen (secondary N) is 1. The summed E-state index contributed by atoms with van der Waals surface area (Å²) in [5.74, 6) is -0.688. The summed E-state index contributed by atoms with van der Waals surface area (Å²) in [6.45, 7) is 9.79. The Kier molecular flexibility index (Phi) is 7.79. The molecule has 0 aromatic heterocycles. The predicted molar refractivity (Wildman–Crippen MR) is 134 cm³/mol. The first-order chi connectivity index (χ1) is 15.6. The SMILES string of the molecule is CCC(CC)[C@H]1N[C@@H](C(=O)OC(C)(C)C)[C@H](c2cccc(Cl)c2)[C@@]1(C#N)c1ccc(Cl)cc1. The number of hydrogen-bond donors (Lipinski definition) is 1. The maximum Gasteiger partial charge on any atom is 0.324 e. The van der Waals surface area contributed by atoms with Crippen molar-refractivity contribution < 1.29 is 9.53 Å². The van der Waals surface area contributed by atoms with Gasteiger partial charge in [0.05, 0.1) is 6.07 Å². The minimum atomic E-state index is -1.02. The Morgan fingerprint density at radius 3 is 2.27 bits per heavy atom. The van der Waals surface area contributed by atoms with Gasteiger partial charge in [-0.15, -0.1) is 0 Å². The molecule has 1 fully saturated rings. The molecule has 0 amide bonds. The summed E-state index contributed by atoms with van der Waals surface area (Å²) in [7, 11) is 0. The Morgan fingerprint density at radius 2 is 1.76 bits per heavy atom. The molecule has 0 unspecified atom stereocenters. The third-order valence-electron chi connectivity index (χ3n) is 6.57. The van der Waals surface area contributed by atoms with Crippen molar-refractivity contribution in [1.29, 1.82) is 5.26 Å². The van der Waals surface area contributed by atoms with Crippen molar-refractivity contribution >= 4 is 29.2 Å². The zero-order valence-corrected chi connectivity index (χ0v) is 21.4. The summed E-state index contributed by atoms with van der Waals surface area (Å²) < 4.78 is 5.83. The number of halogens is 2. The van der Waals surface area contributed by atoms with E-state index in [0.717, 1.165) is 24.0 Å². The minimum Gasteiger partial charge on any atom is -0.459 e. The molecule has 4 atom stereocenters. The van der Waals surface area contributed by atoms with Crippen LogP contribution in [0.25, 0.3) is 0 Å². The maximum absolute atomic E-state index is 13.5. The number of benzene rings is 2. The van der Waals surface area contributed by atoms with Crippen molar-refractivity contribution in [3.63, 3.8) is 0 Å². The fourth-order valence-corrected chi connectivity index (χ4v) is 5.48. The number of nitriles is 1. The van der Waals surface area contributed by atoms with Gasteiger partial charge in [0, 0.05) is 22.0 Å². The van der Waals surface area contributed by atoms with E-state index in [2.05, 4.69) is 25.2 Å². The standard InChI is InChI=1S/C27H32Cl2N2O2/c1-6-17(7-2)24-27(16-30,19-11-13-20(28)14-12-19)22(18-9-8-10-21(29)15-18)23(31-24)25(32)33-26(3,4)5/h8-15,17,22-24,31H,6-7H2,1-5H3/t22-,23+,24+,27+/m0/s1. The molecule has 176 valence electrons. The number of ether oxygens (including phenoxy) is 1. The van der Waals surface area contributed by atoms with Gasteiger partial charge >= 0.3 is 5.97 Å². The van der Waals surface area contributed by atoms with E-state index >= 15 is 0 Å². The minimum absolute atomic E-state index is 0.175.